The van der Waals surface area contributed by atoms with Crippen molar-refractivity contribution in [2.75, 3.05) is 0 Å². The van der Waals surface area contributed by atoms with Crippen molar-refractivity contribution in [1.82, 2.24) is 24.7 Å². The van der Waals surface area contributed by atoms with Gasteiger partial charge >= 0.3 is 0 Å². The summed E-state index contributed by atoms with van der Waals surface area (Å²) in [5.41, 5.74) is 0.925. The fourth-order valence-corrected chi connectivity index (χ4v) is 1.13. The molecule has 6 heteroatoms. The standard InChI is InChI=1S/C9H8N6/c1-2-7-3-9(12-5-11-7)15-6-13-8(4-10)14-15/h3,5-6H,2H2,1H3. The van der Waals surface area contributed by atoms with Gasteiger partial charge in [-0.05, 0) is 6.42 Å². The Bertz CT molecular complexity index is 509. The molecule has 0 aliphatic carbocycles. The SMILES string of the molecule is CCc1cc(-n2cnc(C#N)n2)ncn1. The lowest BCUT2D eigenvalue weighted by molar-refractivity contribution is 0.823. The Labute approximate surface area is 86.2 Å². The van der Waals surface area contributed by atoms with Gasteiger partial charge in [-0.3, -0.25) is 0 Å². The van der Waals surface area contributed by atoms with Crippen LogP contribution in [0.15, 0.2) is 18.7 Å². The first-order chi connectivity index (χ1) is 7.33. The van der Waals surface area contributed by atoms with Crippen LogP contribution >= 0.6 is 0 Å². The van der Waals surface area contributed by atoms with Crippen molar-refractivity contribution in [3.8, 4) is 11.9 Å². The van der Waals surface area contributed by atoms with Crippen molar-refractivity contribution in [2.45, 2.75) is 13.3 Å². The van der Waals surface area contributed by atoms with Gasteiger partial charge < -0.3 is 0 Å². The summed E-state index contributed by atoms with van der Waals surface area (Å²) in [4.78, 5) is 11.9. The quantitative estimate of drug-likeness (QED) is 0.704. The third-order valence-corrected chi connectivity index (χ3v) is 1.90. The first-order valence-electron chi connectivity index (χ1n) is 4.46. The lowest BCUT2D eigenvalue weighted by atomic mass is 10.3. The van der Waals surface area contributed by atoms with Gasteiger partial charge in [0.1, 0.15) is 18.7 Å². The van der Waals surface area contributed by atoms with Crippen molar-refractivity contribution in [3.63, 3.8) is 0 Å². The van der Waals surface area contributed by atoms with Crippen molar-refractivity contribution < 1.29 is 0 Å². The van der Waals surface area contributed by atoms with Crippen LogP contribution in [0.3, 0.4) is 0 Å². The first-order valence-corrected chi connectivity index (χ1v) is 4.46. The Balaban J connectivity index is 2.41. The minimum atomic E-state index is 0.131. The van der Waals surface area contributed by atoms with Gasteiger partial charge in [-0.2, -0.15) is 5.26 Å². The Hall–Kier alpha value is -2.29. The van der Waals surface area contributed by atoms with Crippen molar-refractivity contribution in [2.24, 2.45) is 0 Å². The minimum Gasteiger partial charge on any atom is -0.241 e. The van der Waals surface area contributed by atoms with Crippen LogP contribution in [0.4, 0.5) is 0 Å². The van der Waals surface area contributed by atoms with E-state index < -0.39 is 0 Å². The number of nitrogens with zero attached hydrogens (tertiary/aromatic N) is 6. The van der Waals surface area contributed by atoms with Crippen molar-refractivity contribution >= 4 is 0 Å². The minimum absolute atomic E-state index is 0.131. The molecule has 2 heterocycles. The zero-order valence-corrected chi connectivity index (χ0v) is 8.12. The van der Waals surface area contributed by atoms with Gasteiger partial charge in [0.15, 0.2) is 5.82 Å². The van der Waals surface area contributed by atoms with E-state index in [1.807, 2.05) is 19.1 Å². The summed E-state index contributed by atoms with van der Waals surface area (Å²) < 4.78 is 1.46. The molecule has 0 fully saturated rings. The third-order valence-electron chi connectivity index (χ3n) is 1.90. The van der Waals surface area contributed by atoms with E-state index in [2.05, 4.69) is 20.1 Å². The van der Waals surface area contributed by atoms with Gasteiger partial charge in [0.25, 0.3) is 5.82 Å². The molecular weight excluding hydrogens is 192 g/mol. The number of aryl methyl sites for hydroxylation is 1. The molecule has 6 nitrogen and oxygen atoms in total. The van der Waals surface area contributed by atoms with E-state index >= 15 is 0 Å². The molecule has 74 valence electrons. The molecule has 0 aromatic carbocycles. The van der Waals surface area contributed by atoms with Gasteiger partial charge in [-0.15, -0.1) is 5.10 Å². The molecule has 0 N–H and O–H groups in total. The average molecular weight is 200 g/mol. The summed E-state index contributed by atoms with van der Waals surface area (Å²) in [6.45, 7) is 2.01. The summed E-state index contributed by atoms with van der Waals surface area (Å²) in [7, 11) is 0. The smallest absolute Gasteiger partial charge is 0.241 e. The Morgan fingerprint density at radius 3 is 2.93 bits per heavy atom. The van der Waals surface area contributed by atoms with E-state index in [0.717, 1.165) is 12.1 Å². The van der Waals surface area contributed by atoms with Crippen LogP contribution < -0.4 is 0 Å². The second-order valence-corrected chi connectivity index (χ2v) is 2.85. The molecule has 0 unspecified atom stereocenters. The second kappa shape index (κ2) is 3.84. The molecule has 0 aliphatic rings. The van der Waals surface area contributed by atoms with Crippen LogP contribution in [-0.4, -0.2) is 24.7 Å². The zero-order chi connectivity index (χ0) is 10.7. The highest BCUT2D eigenvalue weighted by Gasteiger charge is 2.03. The molecule has 0 bridgehead atoms. The number of rotatable bonds is 2. The van der Waals surface area contributed by atoms with E-state index in [1.165, 1.54) is 17.3 Å². The maximum Gasteiger partial charge on any atom is 0.252 e. The molecule has 0 radical (unpaired) electrons. The maximum absolute atomic E-state index is 8.58. The van der Waals surface area contributed by atoms with Crippen LogP contribution in [0.5, 0.6) is 0 Å². The summed E-state index contributed by atoms with van der Waals surface area (Å²) in [6, 6.07) is 3.67. The highest BCUT2D eigenvalue weighted by atomic mass is 15.4. The Morgan fingerprint density at radius 1 is 1.40 bits per heavy atom. The van der Waals surface area contributed by atoms with Gasteiger partial charge in [0.05, 0.1) is 0 Å². The van der Waals surface area contributed by atoms with Gasteiger partial charge in [-0.1, -0.05) is 6.92 Å². The maximum atomic E-state index is 8.58. The van der Waals surface area contributed by atoms with Crippen molar-refractivity contribution in [1.29, 1.82) is 5.26 Å². The zero-order valence-electron chi connectivity index (χ0n) is 8.12. The summed E-state index contributed by atoms with van der Waals surface area (Å²) in [5.74, 6) is 0.752. The fourth-order valence-electron chi connectivity index (χ4n) is 1.13. The van der Waals surface area contributed by atoms with E-state index in [1.54, 1.807) is 0 Å². The highest BCUT2D eigenvalue weighted by molar-refractivity contribution is 5.22. The molecule has 0 atom stereocenters. The van der Waals surface area contributed by atoms with E-state index in [0.29, 0.717) is 5.82 Å². The van der Waals surface area contributed by atoms with E-state index in [4.69, 9.17) is 5.26 Å². The fraction of sp³-hybridized carbons (Fsp3) is 0.222. The van der Waals surface area contributed by atoms with Gasteiger partial charge in [0.2, 0.25) is 0 Å². The number of nitriles is 1. The number of aromatic nitrogens is 5. The first kappa shape index (κ1) is 9.27. The molecule has 0 saturated heterocycles. The van der Waals surface area contributed by atoms with Crippen molar-refractivity contribution in [3.05, 3.63) is 30.2 Å². The molecule has 15 heavy (non-hydrogen) atoms. The van der Waals surface area contributed by atoms with Crippen LogP contribution in [0.25, 0.3) is 5.82 Å². The molecule has 2 aromatic rings. The second-order valence-electron chi connectivity index (χ2n) is 2.85. The number of hydrogen-bond donors (Lipinski definition) is 0. The lowest BCUT2D eigenvalue weighted by Crippen LogP contribution is -2.00. The molecule has 2 rings (SSSR count). The van der Waals surface area contributed by atoms with E-state index in [-0.39, 0.29) is 5.82 Å². The molecule has 2 aromatic heterocycles. The summed E-state index contributed by atoms with van der Waals surface area (Å²) in [6.07, 6.45) is 3.76. The predicted molar refractivity (Wildman–Crippen MR) is 51.0 cm³/mol. The summed E-state index contributed by atoms with van der Waals surface area (Å²) >= 11 is 0. The topological polar surface area (TPSA) is 80.3 Å². The van der Waals surface area contributed by atoms with Crippen LogP contribution in [-0.2, 0) is 6.42 Å². The lowest BCUT2D eigenvalue weighted by Gasteiger charge is -1.99. The molecule has 0 spiro atoms. The normalized spacial score (nSPS) is 9.87. The molecule has 0 aliphatic heterocycles. The van der Waals surface area contributed by atoms with Crippen LogP contribution in [0.1, 0.15) is 18.4 Å². The van der Waals surface area contributed by atoms with E-state index in [9.17, 15) is 0 Å². The molecular formula is C9H8N6. The Morgan fingerprint density at radius 2 is 2.27 bits per heavy atom. The largest absolute Gasteiger partial charge is 0.252 e. The number of hydrogen-bond acceptors (Lipinski definition) is 5. The summed E-state index contributed by atoms with van der Waals surface area (Å²) in [5, 5.41) is 12.5. The average Bonchev–Trinajstić information content (AvgIpc) is 2.78. The van der Waals surface area contributed by atoms with Crippen LogP contribution in [0.2, 0.25) is 0 Å². The van der Waals surface area contributed by atoms with Gasteiger partial charge in [-0.25, -0.2) is 19.6 Å². The molecule has 0 amide bonds. The third kappa shape index (κ3) is 1.81. The highest BCUT2D eigenvalue weighted by Crippen LogP contribution is 2.03. The van der Waals surface area contributed by atoms with Gasteiger partial charge in [0, 0.05) is 11.8 Å². The van der Waals surface area contributed by atoms with Crippen LogP contribution in [0, 0.1) is 11.3 Å². The Kier molecular flexibility index (Phi) is 2.37. The predicted octanol–water partition coefficient (Wildman–Crippen LogP) is 0.491. The molecule has 0 saturated carbocycles. The monoisotopic (exact) mass is 200 g/mol.